The second-order valence-corrected chi connectivity index (χ2v) is 3.15. The van der Waals surface area contributed by atoms with Crippen molar-refractivity contribution < 1.29 is 0 Å². The smallest absolute Gasteiger partial charge is 0.0592 e. The zero-order valence-electron chi connectivity index (χ0n) is 5.27. The van der Waals surface area contributed by atoms with Gasteiger partial charge in [0, 0.05) is 11.0 Å². The van der Waals surface area contributed by atoms with E-state index in [1.54, 1.807) is 0 Å². The van der Waals surface area contributed by atoms with Crippen LogP contribution in [0.4, 0.5) is 0 Å². The van der Waals surface area contributed by atoms with Crippen molar-refractivity contribution in [2.45, 2.75) is 6.54 Å². The lowest BCUT2D eigenvalue weighted by molar-refractivity contribution is 1.07. The van der Waals surface area contributed by atoms with Gasteiger partial charge in [0.2, 0.25) is 0 Å². The van der Waals surface area contributed by atoms with Gasteiger partial charge in [-0.2, -0.15) is 0 Å². The fourth-order valence-corrected chi connectivity index (χ4v) is 1.32. The largest absolute Gasteiger partial charge is 0.326 e. The number of rotatable bonds is 1. The van der Waals surface area contributed by atoms with E-state index in [9.17, 15) is 0 Å². The Labute approximate surface area is 73.3 Å². The van der Waals surface area contributed by atoms with Crippen LogP contribution in [-0.4, -0.2) is 0 Å². The van der Waals surface area contributed by atoms with Gasteiger partial charge in [0.1, 0.15) is 0 Å². The summed E-state index contributed by atoms with van der Waals surface area (Å²) < 4.78 is 0.900. The van der Waals surface area contributed by atoms with Crippen LogP contribution >= 0.6 is 27.5 Å². The third-order valence-electron chi connectivity index (χ3n) is 1.25. The van der Waals surface area contributed by atoms with Crippen molar-refractivity contribution in [1.82, 2.24) is 0 Å². The molecule has 1 nitrogen and oxygen atoms in total. The highest BCUT2D eigenvalue weighted by molar-refractivity contribution is 9.10. The highest BCUT2D eigenvalue weighted by Crippen LogP contribution is 2.25. The molecule has 0 spiro atoms. The number of hydrogen-bond acceptors (Lipinski definition) is 1. The summed E-state index contributed by atoms with van der Waals surface area (Å²) in [5.41, 5.74) is 6.38. The molecule has 0 saturated carbocycles. The summed E-state index contributed by atoms with van der Waals surface area (Å²) in [5.74, 6) is 0. The third kappa shape index (κ3) is 1.51. The number of benzene rings is 1. The molecule has 1 aromatic rings. The van der Waals surface area contributed by atoms with Crippen LogP contribution in [-0.2, 0) is 6.54 Å². The van der Waals surface area contributed by atoms with Crippen LogP contribution in [0.2, 0.25) is 5.02 Å². The van der Waals surface area contributed by atoms with Crippen LogP contribution in [0.1, 0.15) is 5.56 Å². The fraction of sp³-hybridized carbons (Fsp3) is 0.143. The average molecular weight is 220 g/mol. The number of hydrogen-bond donors (Lipinski definition) is 1. The maximum atomic E-state index is 5.87. The van der Waals surface area contributed by atoms with Gasteiger partial charge in [0.25, 0.3) is 0 Å². The van der Waals surface area contributed by atoms with Crippen molar-refractivity contribution in [3.63, 3.8) is 0 Å². The van der Waals surface area contributed by atoms with Gasteiger partial charge in [-0.25, -0.2) is 0 Å². The molecular weight excluding hydrogens is 213 g/mol. The molecule has 0 aliphatic rings. The summed E-state index contributed by atoms with van der Waals surface area (Å²) >= 11 is 9.17. The minimum Gasteiger partial charge on any atom is -0.326 e. The van der Waals surface area contributed by atoms with Crippen molar-refractivity contribution in [2.75, 3.05) is 0 Å². The van der Waals surface area contributed by atoms with Crippen LogP contribution in [0, 0.1) is 0 Å². The summed E-state index contributed by atoms with van der Waals surface area (Å²) in [6, 6.07) is 5.72. The van der Waals surface area contributed by atoms with Gasteiger partial charge in [0.05, 0.1) is 5.02 Å². The first kappa shape index (κ1) is 8.05. The molecule has 0 saturated heterocycles. The van der Waals surface area contributed by atoms with E-state index in [2.05, 4.69) is 15.9 Å². The van der Waals surface area contributed by atoms with Crippen LogP contribution in [0.15, 0.2) is 22.7 Å². The highest BCUT2D eigenvalue weighted by atomic mass is 79.9. The minimum absolute atomic E-state index is 0.484. The Balaban J connectivity index is 3.14. The first-order valence-corrected chi connectivity index (χ1v) is 4.05. The molecule has 2 N–H and O–H groups in total. The van der Waals surface area contributed by atoms with Gasteiger partial charge in [-0.3, -0.25) is 0 Å². The van der Waals surface area contributed by atoms with Crippen molar-refractivity contribution in [3.05, 3.63) is 33.3 Å². The van der Waals surface area contributed by atoms with E-state index in [-0.39, 0.29) is 0 Å². The standard InChI is InChI=1S/C7H7BrClN/c8-6-3-1-2-5(4-10)7(6)9/h1-3H,4,10H2. The second kappa shape index (κ2) is 3.37. The van der Waals surface area contributed by atoms with E-state index in [1.807, 2.05) is 18.2 Å². The van der Waals surface area contributed by atoms with Gasteiger partial charge in [-0.15, -0.1) is 0 Å². The molecule has 3 heteroatoms. The normalized spacial score (nSPS) is 9.90. The van der Waals surface area contributed by atoms with Crippen molar-refractivity contribution >= 4 is 27.5 Å². The number of nitrogens with two attached hydrogens (primary N) is 1. The Bertz CT molecular complexity index is 237. The molecule has 10 heavy (non-hydrogen) atoms. The SMILES string of the molecule is NCc1cccc(Br)c1Cl. The molecular formula is C7H7BrClN. The topological polar surface area (TPSA) is 26.0 Å². The molecule has 0 heterocycles. The van der Waals surface area contributed by atoms with E-state index < -0.39 is 0 Å². The molecule has 0 fully saturated rings. The summed E-state index contributed by atoms with van der Waals surface area (Å²) in [4.78, 5) is 0. The molecule has 0 atom stereocenters. The lowest BCUT2D eigenvalue weighted by Gasteiger charge is -2.00. The predicted octanol–water partition coefficient (Wildman–Crippen LogP) is 2.56. The van der Waals surface area contributed by atoms with Crippen molar-refractivity contribution in [1.29, 1.82) is 0 Å². The average Bonchev–Trinajstić information content (AvgIpc) is 1.95. The molecule has 0 bridgehead atoms. The third-order valence-corrected chi connectivity index (χ3v) is 2.59. The maximum Gasteiger partial charge on any atom is 0.0592 e. The molecule has 54 valence electrons. The molecule has 0 aliphatic heterocycles. The first-order chi connectivity index (χ1) is 4.75. The molecule has 1 aromatic carbocycles. The van der Waals surface area contributed by atoms with Crippen molar-refractivity contribution in [3.8, 4) is 0 Å². The van der Waals surface area contributed by atoms with Gasteiger partial charge < -0.3 is 5.73 Å². The molecule has 0 aromatic heterocycles. The van der Waals surface area contributed by atoms with Crippen LogP contribution < -0.4 is 5.73 Å². The molecule has 0 radical (unpaired) electrons. The summed E-state index contributed by atoms with van der Waals surface area (Å²) in [6.45, 7) is 0.484. The quantitative estimate of drug-likeness (QED) is 0.773. The maximum absolute atomic E-state index is 5.87. The lowest BCUT2D eigenvalue weighted by atomic mass is 10.2. The van der Waals surface area contributed by atoms with E-state index in [1.165, 1.54) is 0 Å². The van der Waals surface area contributed by atoms with Gasteiger partial charge in [-0.1, -0.05) is 23.7 Å². The Morgan fingerprint density at radius 1 is 1.50 bits per heavy atom. The Morgan fingerprint density at radius 3 is 2.70 bits per heavy atom. The fourth-order valence-electron chi connectivity index (χ4n) is 0.706. The Morgan fingerprint density at radius 2 is 2.20 bits per heavy atom. The van der Waals surface area contributed by atoms with Gasteiger partial charge in [0.15, 0.2) is 0 Å². The first-order valence-electron chi connectivity index (χ1n) is 2.88. The minimum atomic E-state index is 0.484. The zero-order chi connectivity index (χ0) is 7.56. The number of halogens is 2. The zero-order valence-corrected chi connectivity index (χ0v) is 7.61. The monoisotopic (exact) mass is 219 g/mol. The Kier molecular flexibility index (Phi) is 2.72. The summed E-state index contributed by atoms with van der Waals surface area (Å²) in [7, 11) is 0. The van der Waals surface area contributed by atoms with Crippen molar-refractivity contribution in [2.24, 2.45) is 5.73 Å². The molecule has 0 amide bonds. The lowest BCUT2D eigenvalue weighted by Crippen LogP contribution is -1.96. The van der Waals surface area contributed by atoms with Gasteiger partial charge >= 0.3 is 0 Å². The van der Waals surface area contributed by atoms with E-state index in [0.29, 0.717) is 11.6 Å². The molecule has 1 rings (SSSR count). The van der Waals surface area contributed by atoms with Crippen LogP contribution in [0.5, 0.6) is 0 Å². The van der Waals surface area contributed by atoms with Gasteiger partial charge in [-0.05, 0) is 27.6 Å². The van der Waals surface area contributed by atoms with Crippen LogP contribution in [0.3, 0.4) is 0 Å². The molecule has 0 unspecified atom stereocenters. The van der Waals surface area contributed by atoms with E-state index in [4.69, 9.17) is 17.3 Å². The summed E-state index contributed by atoms with van der Waals surface area (Å²) in [5, 5.41) is 0.713. The van der Waals surface area contributed by atoms with E-state index >= 15 is 0 Å². The van der Waals surface area contributed by atoms with Crippen LogP contribution in [0.25, 0.3) is 0 Å². The highest BCUT2D eigenvalue weighted by Gasteiger charge is 1.99. The van der Waals surface area contributed by atoms with E-state index in [0.717, 1.165) is 10.0 Å². The molecule has 0 aliphatic carbocycles. The second-order valence-electron chi connectivity index (χ2n) is 1.92. The summed E-state index contributed by atoms with van der Waals surface area (Å²) in [6.07, 6.45) is 0. The predicted molar refractivity (Wildman–Crippen MR) is 47.0 cm³/mol. The Hall–Kier alpha value is -0.0500.